The van der Waals surface area contributed by atoms with E-state index >= 15 is 0 Å². The molecule has 0 aliphatic carbocycles. The highest BCUT2D eigenvalue weighted by molar-refractivity contribution is 7.26. The highest BCUT2D eigenvalue weighted by Crippen LogP contribution is 2.43. The van der Waals surface area contributed by atoms with Gasteiger partial charge in [-0.1, -0.05) is 146 Å². The van der Waals surface area contributed by atoms with E-state index in [9.17, 15) is 0 Å². The number of fused-ring (bicyclic) bond motifs is 9. The summed E-state index contributed by atoms with van der Waals surface area (Å²) >= 11 is 1.74. The Balaban J connectivity index is 1.01. The van der Waals surface area contributed by atoms with Gasteiger partial charge in [0.25, 0.3) is 0 Å². The smallest absolute Gasteiger partial charge is 0.180 e. The van der Waals surface area contributed by atoms with Crippen LogP contribution in [0.25, 0.3) is 127 Å². The summed E-state index contributed by atoms with van der Waals surface area (Å²) in [5.74, 6) is 2.49. The van der Waals surface area contributed by atoms with E-state index in [0.717, 1.165) is 97.7 Å². The first-order valence-electron chi connectivity index (χ1n) is 20.8. The number of furan rings is 1. The molecule has 0 N–H and O–H groups in total. The molecule has 0 unspecified atom stereocenters. The fraction of sp³-hybridized carbons (Fsp3) is 0. The molecule has 13 rings (SSSR count). The molecular formula is C55H32N6OS. The molecule has 8 aromatic carbocycles. The number of benzene rings is 8. The number of rotatable bonds is 6. The molecule has 5 heterocycles. The van der Waals surface area contributed by atoms with E-state index in [0.29, 0.717) is 28.9 Å². The fourth-order valence-electron chi connectivity index (χ4n) is 9.06. The van der Waals surface area contributed by atoms with Crippen LogP contribution in [0.2, 0.25) is 0 Å². The van der Waals surface area contributed by atoms with Crippen molar-refractivity contribution in [3.63, 3.8) is 0 Å². The molecule has 0 bridgehead atoms. The largest absolute Gasteiger partial charge is 0.452 e. The molecule has 0 fully saturated rings. The third-order valence-corrected chi connectivity index (χ3v) is 13.0. The van der Waals surface area contributed by atoms with Gasteiger partial charge in [0, 0.05) is 69.8 Å². The van der Waals surface area contributed by atoms with Crippen LogP contribution in [-0.4, -0.2) is 29.5 Å². The summed E-state index contributed by atoms with van der Waals surface area (Å²) in [4.78, 5) is 26.2. The maximum Gasteiger partial charge on any atom is 0.180 e. The minimum absolute atomic E-state index is 0.616. The molecular weight excluding hydrogens is 793 g/mol. The molecule has 8 heteroatoms. The maximum atomic E-state index is 6.39. The maximum absolute atomic E-state index is 6.39. The zero-order chi connectivity index (χ0) is 41.4. The van der Waals surface area contributed by atoms with E-state index < -0.39 is 0 Å². The van der Waals surface area contributed by atoms with Crippen LogP contribution in [-0.2, 0) is 0 Å². The summed E-state index contributed by atoms with van der Waals surface area (Å²) in [6.07, 6.45) is 0. The molecule has 0 saturated carbocycles. The van der Waals surface area contributed by atoms with E-state index in [1.54, 1.807) is 11.3 Å². The van der Waals surface area contributed by atoms with Gasteiger partial charge in [-0.25, -0.2) is 24.9 Å². The first-order valence-corrected chi connectivity index (χ1v) is 21.7. The van der Waals surface area contributed by atoms with Crippen LogP contribution in [0.15, 0.2) is 199 Å². The molecule has 0 spiro atoms. The Kier molecular flexibility index (Phi) is 7.94. The van der Waals surface area contributed by atoms with E-state index in [1.165, 1.54) is 0 Å². The van der Waals surface area contributed by atoms with Crippen molar-refractivity contribution in [2.24, 2.45) is 0 Å². The lowest BCUT2D eigenvalue weighted by molar-refractivity contribution is 0.667. The lowest BCUT2D eigenvalue weighted by Crippen LogP contribution is -2.01. The Labute approximate surface area is 364 Å². The Morgan fingerprint density at radius 2 is 1.02 bits per heavy atom. The molecule has 0 aliphatic rings. The number of aromatic nitrogens is 6. The predicted molar refractivity (Wildman–Crippen MR) is 257 cm³/mol. The van der Waals surface area contributed by atoms with Crippen LogP contribution in [0.1, 0.15) is 0 Å². The van der Waals surface area contributed by atoms with Crippen molar-refractivity contribution in [1.82, 2.24) is 29.5 Å². The normalized spacial score (nSPS) is 11.8. The zero-order valence-electron chi connectivity index (χ0n) is 33.5. The summed E-state index contributed by atoms with van der Waals surface area (Å²) in [6.45, 7) is 0. The van der Waals surface area contributed by atoms with Crippen LogP contribution in [0.4, 0.5) is 0 Å². The number of hydrogen-bond acceptors (Lipinski definition) is 7. The molecule has 0 atom stereocenters. The summed E-state index contributed by atoms with van der Waals surface area (Å²) in [5.41, 5.74) is 11.1. The van der Waals surface area contributed by atoms with Gasteiger partial charge in [-0.2, -0.15) is 0 Å². The van der Waals surface area contributed by atoms with E-state index in [2.05, 4.69) is 144 Å². The summed E-state index contributed by atoms with van der Waals surface area (Å²) in [5, 5.41) is 5.41. The van der Waals surface area contributed by atoms with Gasteiger partial charge < -0.3 is 8.98 Å². The predicted octanol–water partition coefficient (Wildman–Crippen LogP) is 14.4. The van der Waals surface area contributed by atoms with Crippen LogP contribution >= 0.6 is 11.3 Å². The number of nitrogens with zero attached hydrogens (tertiary/aromatic N) is 6. The number of hydrogen-bond donors (Lipinski definition) is 0. The molecule has 0 radical (unpaired) electrons. The second-order valence-electron chi connectivity index (χ2n) is 15.6. The molecule has 7 nitrogen and oxygen atoms in total. The quantitative estimate of drug-likeness (QED) is 0.166. The summed E-state index contributed by atoms with van der Waals surface area (Å²) < 4.78 is 11.0. The number of para-hydroxylation sites is 3. The first-order chi connectivity index (χ1) is 31.2. The Hall–Kier alpha value is -8.33. The SMILES string of the molecule is c1ccc(-c2nc(-c3cccc4sc5cc(-c6nc(-c7ccccc7)c7oc8ccccc8c7n6)ccc5c34)nc(-c3cccc4c3c3ccccc3n4-c3ccccc3)n2)cc1. The molecule has 0 amide bonds. The monoisotopic (exact) mass is 824 g/mol. The van der Waals surface area contributed by atoms with Crippen LogP contribution in [0.5, 0.6) is 0 Å². The van der Waals surface area contributed by atoms with Gasteiger partial charge in [-0.3, -0.25) is 0 Å². The third-order valence-electron chi connectivity index (χ3n) is 11.9. The average Bonchev–Trinajstić information content (AvgIpc) is 4.04. The van der Waals surface area contributed by atoms with Gasteiger partial charge in [-0.15, -0.1) is 11.3 Å². The lowest BCUT2D eigenvalue weighted by atomic mass is 10.0. The second-order valence-corrected chi connectivity index (χ2v) is 16.7. The lowest BCUT2D eigenvalue weighted by Gasteiger charge is -2.11. The van der Waals surface area contributed by atoms with Gasteiger partial charge in [0.15, 0.2) is 28.9 Å². The molecule has 13 aromatic rings. The summed E-state index contributed by atoms with van der Waals surface area (Å²) in [7, 11) is 0. The van der Waals surface area contributed by atoms with Gasteiger partial charge in [0.05, 0.1) is 11.0 Å². The summed E-state index contributed by atoms with van der Waals surface area (Å²) in [6, 6.07) is 66.8. The minimum atomic E-state index is 0.616. The van der Waals surface area contributed by atoms with E-state index in [4.69, 9.17) is 29.3 Å². The minimum Gasteiger partial charge on any atom is -0.452 e. The van der Waals surface area contributed by atoms with Gasteiger partial charge in [0.2, 0.25) is 0 Å². The van der Waals surface area contributed by atoms with Crippen LogP contribution < -0.4 is 0 Å². The standard InChI is InChI=1S/C55H32N6OS/c1-4-16-33(17-5-1)49-51-50(38-23-11-13-28-44(38)62-51)57-53(56-49)35-30-31-39-46(32-35)63-45-29-15-25-41(48(39)45)55-59-52(34-18-6-2-7-19-34)58-54(60-55)40-24-14-27-43-47(40)37-22-10-12-26-42(37)61(43)36-20-8-3-9-21-36/h1-32H. The Morgan fingerprint density at radius 3 is 1.81 bits per heavy atom. The zero-order valence-corrected chi connectivity index (χ0v) is 34.3. The fourth-order valence-corrected chi connectivity index (χ4v) is 10.2. The van der Waals surface area contributed by atoms with Crippen LogP contribution in [0, 0.1) is 0 Å². The van der Waals surface area contributed by atoms with Crippen molar-refractivity contribution in [2.45, 2.75) is 0 Å². The van der Waals surface area contributed by atoms with E-state index in [-0.39, 0.29) is 0 Å². The third kappa shape index (κ3) is 5.69. The van der Waals surface area contributed by atoms with Crippen molar-refractivity contribution in [3.05, 3.63) is 194 Å². The highest BCUT2D eigenvalue weighted by atomic mass is 32.1. The Bertz CT molecular complexity index is 3910. The van der Waals surface area contributed by atoms with Crippen molar-refractivity contribution < 1.29 is 4.42 Å². The van der Waals surface area contributed by atoms with Crippen LogP contribution in [0.3, 0.4) is 0 Å². The topological polar surface area (TPSA) is 82.5 Å². The first kappa shape index (κ1) is 35.4. The van der Waals surface area contributed by atoms with Gasteiger partial charge in [0.1, 0.15) is 16.8 Å². The second kappa shape index (κ2) is 14.1. The van der Waals surface area contributed by atoms with E-state index in [1.807, 2.05) is 54.6 Å². The molecule has 5 aromatic heterocycles. The Morgan fingerprint density at radius 1 is 0.397 bits per heavy atom. The van der Waals surface area contributed by atoms with Gasteiger partial charge >= 0.3 is 0 Å². The van der Waals surface area contributed by atoms with Crippen molar-refractivity contribution in [3.8, 4) is 62.5 Å². The van der Waals surface area contributed by atoms with Crippen molar-refractivity contribution in [1.29, 1.82) is 0 Å². The molecule has 294 valence electrons. The highest BCUT2D eigenvalue weighted by Gasteiger charge is 2.22. The van der Waals surface area contributed by atoms with Crippen molar-refractivity contribution in [2.75, 3.05) is 0 Å². The molecule has 0 aliphatic heterocycles. The van der Waals surface area contributed by atoms with Crippen molar-refractivity contribution >= 4 is 75.4 Å². The molecule has 0 saturated heterocycles. The van der Waals surface area contributed by atoms with Gasteiger partial charge in [-0.05, 0) is 48.5 Å². The molecule has 63 heavy (non-hydrogen) atoms. The average molecular weight is 825 g/mol. The number of thiophene rings is 1.